The maximum Gasteiger partial charge on any atom is 0.335 e. The third-order valence-electron chi connectivity index (χ3n) is 3.89. The van der Waals surface area contributed by atoms with Gasteiger partial charge < -0.3 is 10.2 Å². The average molecular weight is 345 g/mol. The summed E-state index contributed by atoms with van der Waals surface area (Å²) in [4.78, 5) is 13.2. The fourth-order valence-electron chi connectivity index (χ4n) is 2.82. The molecule has 0 spiro atoms. The highest BCUT2D eigenvalue weighted by atomic mass is 19.1. The first kappa shape index (κ1) is 19.1. The van der Waals surface area contributed by atoms with Gasteiger partial charge in [-0.15, -0.1) is 0 Å². The van der Waals surface area contributed by atoms with Crippen molar-refractivity contribution in [1.82, 2.24) is 4.90 Å². The number of nitrogens with zero attached hydrogens (tertiary/aromatic N) is 1. The number of aliphatic hydroxyl groups excluding tert-OH is 1. The Morgan fingerprint density at radius 1 is 1.12 bits per heavy atom. The van der Waals surface area contributed by atoms with E-state index in [0.29, 0.717) is 24.6 Å². The quantitative estimate of drug-likeness (QED) is 0.765. The third kappa shape index (κ3) is 5.96. The van der Waals surface area contributed by atoms with E-state index in [1.165, 1.54) is 12.1 Å². The van der Waals surface area contributed by atoms with Crippen LogP contribution in [0.25, 0.3) is 0 Å². The smallest absolute Gasteiger partial charge is 0.335 e. The molecule has 2 N–H and O–H groups in total. The first-order valence-electron chi connectivity index (χ1n) is 8.33. The highest BCUT2D eigenvalue weighted by molar-refractivity contribution is 5.87. The van der Waals surface area contributed by atoms with Crippen LogP contribution < -0.4 is 0 Å². The number of benzene rings is 2. The van der Waals surface area contributed by atoms with Gasteiger partial charge in [-0.2, -0.15) is 0 Å². The van der Waals surface area contributed by atoms with Crippen LogP contribution in [0.4, 0.5) is 4.39 Å². The molecule has 0 aliphatic carbocycles. The van der Waals surface area contributed by atoms with Crippen molar-refractivity contribution in [3.8, 4) is 0 Å². The number of hydrogen-bond acceptors (Lipinski definition) is 3. The number of rotatable bonds is 8. The van der Waals surface area contributed by atoms with Gasteiger partial charge in [0, 0.05) is 19.6 Å². The maximum atomic E-state index is 13.0. The lowest BCUT2D eigenvalue weighted by Crippen LogP contribution is -2.31. The van der Waals surface area contributed by atoms with Gasteiger partial charge >= 0.3 is 5.97 Å². The third-order valence-corrected chi connectivity index (χ3v) is 3.89. The van der Waals surface area contributed by atoms with E-state index in [1.807, 2.05) is 6.07 Å². The summed E-state index contributed by atoms with van der Waals surface area (Å²) in [6, 6.07) is 12.7. The summed E-state index contributed by atoms with van der Waals surface area (Å²) in [5.74, 6) is -0.896. The van der Waals surface area contributed by atoms with Gasteiger partial charge in [-0.1, -0.05) is 38.1 Å². The van der Waals surface area contributed by atoms with Crippen LogP contribution in [0.15, 0.2) is 48.5 Å². The first-order chi connectivity index (χ1) is 11.8. The number of aliphatic hydroxyl groups is 1. The lowest BCUT2D eigenvalue weighted by atomic mass is 10.1. The number of carboxylic acids is 1. The number of carbonyl (C=O) groups is 1. The molecule has 0 amide bonds. The van der Waals surface area contributed by atoms with Crippen LogP contribution in [-0.2, 0) is 6.54 Å². The normalized spacial score (nSPS) is 12.6. The molecule has 0 aliphatic rings. The monoisotopic (exact) mass is 345 g/mol. The molecule has 1 atom stereocenters. The summed E-state index contributed by atoms with van der Waals surface area (Å²) in [6.45, 7) is 5.87. The van der Waals surface area contributed by atoms with Gasteiger partial charge in [0.05, 0.1) is 11.7 Å². The van der Waals surface area contributed by atoms with Gasteiger partial charge in [-0.25, -0.2) is 9.18 Å². The van der Waals surface area contributed by atoms with Gasteiger partial charge in [0.1, 0.15) is 5.82 Å². The zero-order valence-electron chi connectivity index (χ0n) is 14.5. The van der Waals surface area contributed by atoms with Crippen molar-refractivity contribution >= 4 is 5.97 Å². The minimum atomic E-state index is -0.955. The molecule has 1 unspecified atom stereocenters. The second kappa shape index (κ2) is 8.74. The highest BCUT2D eigenvalue weighted by Gasteiger charge is 2.16. The number of halogens is 1. The molecular formula is C20H24FNO3. The Kier molecular flexibility index (Phi) is 6.67. The summed E-state index contributed by atoms with van der Waals surface area (Å²) >= 11 is 0. The number of hydrogen-bond donors (Lipinski definition) is 2. The highest BCUT2D eigenvalue weighted by Crippen LogP contribution is 2.18. The Balaban J connectivity index is 2.11. The molecule has 2 aromatic rings. The Morgan fingerprint density at radius 2 is 1.80 bits per heavy atom. The molecule has 0 bridgehead atoms. The van der Waals surface area contributed by atoms with Crippen molar-refractivity contribution in [3.05, 3.63) is 71.0 Å². The number of aromatic carboxylic acids is 1. The molecule has 134 valence electrons. The summed E-state index contributed by atoms with van der Waals surface area (Å²) in [6.07, 6.45) is -0.734. The van der Waals surface area contributed by atoms with Crippen LogP contribution in [0.1, 0.15) is 41.4 Å². The summed E-state index contributed by atoms with van der Waals surface area (Å²) in [5, 5.41) is 19.6. The van der Waals surface area contributed by atoms with Crippen LogP contribution in [0.5, 0.6) is 0 Å². The fraction of sp³-hybridized carbons (Fsp3) is 0.350. The van der Waals surface area contributed by atoms with Crippen LogP contribution in [0, 0.1) is 11.7 Å². The molecule has 0 aromatic heterocycles. The molecule has 2 aromatic carbocycles. The van der Waals surface area contributed by atoms with Gasteiger partial charge in [0.2, 0.25) is 0 Å². The summed E-state index contributed by atoms with van der Waals surface area (Å²) < 4.78 is 13.0. The molecule has 5 heteroatoms. The van der Waals surface area contributed by atoms with E-state index in [0.717, 1.165) is 12.1 Å². The van der Waals surface area contributed by atoms with Crippen LogP contribution in [-0.4, -0.2) is 34.2 Å². The Labute approximate surface area is 147 Å². The minimum absolute atomic E-state index is 0.251. The van der Waals surface area contributed by atoms with Gasteiger partial charge in [0.25, 0.3) is 0 Å². The molecule has 0 fully saturated rings. The van der Waals surface area contributed by atoms with E-state index in [9.17, 15) is 14.3 Å². The van der Waals surface area contributed by atoms with Crippen LogP contribution in [0.2, 0.25) is 0 Å². The maximum absolute atomic E-state index is 13.0. The van der Waals surface area contributed by atoms with E-state index < -0.39 is 12.1 Å². The topological polar surface area (TPSA) is 60.8 Å². The first-order valence-corrected chi connectivity index (χ1v) is 8.33. The largest absolute Gasteiger partial charge is 0.478 e. The lowest BCUT2D eigenvalue weighted by Gasteiger charge is -2.27. The van der Waals surface area contributed by atoms with E-state index in [1.54, 1.807) is 30.3 Å². The fourth-order valence-corrected chi connectivity index (χ4v) is 2.82. The van der Waals surface area contributed by atoms with Crippen molar-refractivity contribution in [2.45, 2.75) is 26.5 Å². The molecule has 0 aliphatic heterocycles. The summed E-state index contributed by atoms with van der Waals surface area (Å²) in [5.41, 5.74) is 1.79. The average Bonchev–Trinajstić information content (AvgIpc) is 2.55. The van der Waals surface area contributed by atoms with E-state index >= 15 is 0 Å². The molecule has 4 nitrogen and oxygen atoms in total. The molecule has 0 radical (unpaired) electrons. The Morgan fingerprint density at radius 3 is 2.40 bits per heavy atom. The van der Waals surface area contributed by atoms with E-state index in [4.69, 9.17) is 5.11 Å². The zero-order chi connectivity index (χ0) is 18.4. The van der Waals surface area contributed by atoms with Gasteiger partial charge in [0.15, 0.2) is 0 Å². The van der Waals surface area contributed by atoms with Crippen molar-refractivity contribution in [3.63, 3.8) is 0 Å². The van der Waals surface area contributed by atoms with Crippen molar-refractivity contribution in [2.24, 2.45) is 5.92 Å². The molecule has 0 saturated carbocycles. The standard InChI is InChI=1S/C20H24FNO3/c1-14(2)11-22(12-15-4-3-5-17(10-15)20(24)25)13-19(23)16-6-8-18(21)9-7-16/h3-10,14,19,23H,11-13H2,1-2H3,(H,24,25). The predicted octanol–water partition coefficient (Wildman–Crippen LogP) is 3.72. The Bertz CT molecular complexity index is 700. The molecule has 25 heavy (non-hydrogen) atoms. The molecular weight excluding hydrogens is 321 g/mol. The van der Waals surface area contributed by atoms with Crippen molar-refractivity contribution in [1.29, 1.82) is 0 Å². The second-order valence-corrected chi connectivity index (χ2v) is 6.66. The second-order valence-electron chi connectivity index (χ2n) is 6.66. The number of carboxylic acid groups (broad SMARTS) is 1. The minimum Gasteiger partial charge on any atom is -0.478 e. The van der Waals surface area contributed by atoms with Crippen LogP contribution >= 0.6 is 0 Å². The lowest BCUT2D eigenvalue weighted by molar-refractivity contribution is 0.0696. The SMILES string of the molecule is CC(C)CN(Cc1cccc(C(=O)O)c1)CC(O)c1ccc(F)cc1. The predicted molar refractivity (Wildman–Crippen MR) is 94.9 cm³/mol. The van der Waals surface area contributed by atoms with Crippen molar-refractivity contribution < 1.29 is 19.4 Å². The zero-order valence-corrected chi connectivity index (χ0v) is 14.5. The molecule has 2 rings (SSSR count). The van der Waals surface area contributed by atoms with Gasteiger partial charge in [-0.3, -0.25) is 4.90 Å². The Hall–Kier alpha value is -2.24. The van der Waals surface area contributed by atoms with Crippen molar-refractivity contribution in [2.75, 3.05) is 13.1 Å². The summed E-state index contributed by atoms with van der Waals surface area (Å²) in [7, 11) is 0. The van der Waals surface area contributed by atoms with Gasteiger partial charge in [-0.05, 0) is 41.3 Å². The molecule has 0 heterocycles. The van der Waals surface area contributed by atoms with E-state index in [2.05, 4.69) is 18.7 Å². The molecule has 0 saturated heterocycles. The van der Waals surface area contributed by atoms with E-state index in [-0.39, 0.29) is 11.4 Å². The van der Waals surface area contributed by atoms with Crippen LogP contribution in [0.3, 0.4) is 0 Å².